The number of hydrogen-bond donors (Lipinski definition) is 5. The lowest BCUT2D eigenvalue weighted by molar-refractivity contribution is -0.136. The van der Waals surface area contributed by atoms with Crippen LogP contribution in [0.1, 0.15) is 22.5 Å². The van der Waals surface area contributed by atoms with E-state index >= 15 is 0 Å². The van der Waals surface area contributed by atoms with E-state index in [-0.39, 0.29) is 16.3 Å². The van der Waals surface area contributed by atoms with E-state index in [1.54, 1.807) is 42.5 Å². The molecule has 0 saturated heterocycles. The van der Waals surface area contributed by atoms with Crippen LogP contribution in [0.15, 0.2) is 76.0 Å². The topological polar surface area (TPSA) is 159 Å². The average molecular weight is 493 g/mol. The molecule has 1 heterocycles. The molecule has 0 saturated carbocycles. The molecular formula is C25H24N4O5S. The van der Waals surface area contributed by atoms with Gasteiger partial charge in [-0.1, -0.05) is 18.2 Å². The van der Waals surface area contributed by atoms with Gasteiger partial charge in [0.15, 0.2) is 0 Å². The first-order valence-corrected chi connectivity index (χ1v) is 12.2. The third-order valence-corrected chi connectivity index (χ3v) is 7.02. The van der Waals surface area contributed by atoms with Gasteiger partial charge in [-0.25, -0.2) is 8.42 Å². The van der Waals surface area contributed by atoms with Gasteiger partial charge in [0.1, 0.15) is 17.2 Å². The summed E-state index contributed by atoms with van der Waals surface area (Å²) in [7, 11) is -4.01. The second-order valence-corrected chi connectivity index (χ2v) is 9.64. The van der Waals surface area contributed by atoms with E-state index in [4.69, 9.17) is 20.7 Å². The first kappa shape index (κ1) is 23.8. The highest BCUT2D eigenvalue weighted by Gasteiger charge is 2.20. The van der Waals surface area contributed by atoms with Crippen molar-refractivity contribution in [2.75, 3.05) is 10.0 Å². The maximum atomic E-state index is 13.0. The lowest BCUT2D eigenvalue weighted by Gasteiger charge is -2.11. The van der Waals surface area contributed by atoms with Gasteiger partial charge in [-0.2, -0.15) is 0 Å². The van der Waals surface area contributed by atoms with Gasteiger partial charge in [-0.15, -0.1) is 0 Å². The molecule has 4 rings (SSSR count). The zero-order valence-corrected chi connectivity index (χ0v) is 19.6. The van der Waals surface area contributed by atoms with Crippen molar-refractivity contribution in [1.82, 2.24) is 0 Å². The number of aliphatic carboxylic acids is 1. The molecule has 1 aromatic heterocycles. The number of carbonyl (C=O) groups is 1. The van der Waals surface area contributed by atoms with Crippen molar-refractivity contribution in [2.24, 2.45) is 5.73 Å². The summed E-state index contributed by atoms with van der Waals surface area (Å²) in [4.78, 5) is 11.0. The van der Waals surface area contributed by atoms with Gasteiger partial charge in [0.25, 0.3) is 10.0 Å². The summed E-state index contributed by atoms with van der Waals surface area (Å²) in [5.74, 6) is -0.417. The Hall–Kier alpha value is -4.31. The standard InChI is InChI=1S/C25H24N4O5S/c1-15-20-11-10-19(29-35(32,33)23-5-3-2-4-17(23)12-24(30)31)13-21(20)34-22(15)14-28-18-8-6-16(7-9-18)25(26)27/h2-11,13,28-29H,12,14H2,1H3,(H3,26,27)(H,30,31). The van der Waals surface area contributed by atoms with Crippen LogP contribution in [-0.4, -0.2) is 25.3 Å². The monoisotopic (exact) mass is 492 g/mol. The van der Waals surface area contributed by atoms with Crippen LogP contribution in [0, 0.1) is 12.3 Å². The van der Waals surface area contributed by atoms with Crippen LogP contribution in [0.5, 0.6) is 0 Å². The Bertz CT molecular complexity index is 1530. The lowest BCUT2D eigenvalue weighted by atomic mass is 10.1. The van der Waals surface area contributed by atoms with E-state index < -0.39 is 22.4 Å². The fourth-order valence-corrected chi connectivity index (χ4v) is 5.03. The minimum absolute atomic E-state index is 0.00137. The van der Waals surface area contributed by atoms with Crippen molar-refractivity contribution < 1.29 is 22.7 Å². The number of carboxylic acid groups (broad SMARTS) is 1. The number of furan rings is 1. The van der Waals surface area contributed by atoms with Crippen molar-refractivity contribution >= 4 is 44.2 Å². The second-order valence-electron chi connectivity index (χ2n) is 7.99. The summed E-state index contributed by atoms with van der Waals surface area (Å²) in [6.07, 6.45) is -0.401. The number of amidine groups is 1. The minimum Gasteiger partial charge on any atom is -0.481 e. The van der Waals surface area contributed by atoms with E-state index in [2.05, 4.69) is 10.0 Å². The molecule has 10 heteroatoms. The summed E-state index contributed by atoms with van der Waals surface area (Å²) in [5.41, 5.74) is 8.90. The van der Waals surface area contributed by atoms with E-state index in [0.717, 1.165) is 16.6 Å². The van der Waals surface area contributed by atoms with Crippen LogP contribution >= 0.6 is 0 Å². The molecule has 6 N–H and O–H groups in total. The molecule has 0 atom stereocenters. The molecule has 0 fully saturated rings. The first-order valence-electron chi connectivity index (χ1n) is 10.7. The Morgan fingerprint density at radius 2 is 1.74 bits per heavy atom. The molecule has 180 valence electrons. The van der Waals surface area contributed by atoms with Crippen molar-refractivity contribution in [3.63, 3.8) is 0 Å². The highest BCUT2D eigenvalue weighted by molar-refractivity contribution is 7.92. The highest BCUT2D eigenvalue weighted by Crippen LogP contribution is 2.30. The second kappa shape index (κ2) is 9.51. The van der Waals surface area contributed by atoms with Crippen LogP contribution in [0.25, 0.3) is 11.0 Å². The average Bonchev–Trinajstić information content (AvgIpc) is 3.12. The van der Waals surface area contributed by atoms with Gasteiger partial charge in [-0.05, 0) is 55.0 Å². The van der Waals surface area contributed by atoms with Crippen molar-refractivity contribution in [3.8, 4) is 0 Å². The molecule has 0 aliphatic heterocycles. The lowest BCUT2D eigenvalue weighted by Crippen LogP contribution is -2.16. The van der Waals surface area contributed by atoms with Gasteiger partial charge >= 0.3 is 5.97 Å². The van der Waals surface area contributed by atoms with Gasteiger partial charge in [0.2, 0.25) is 0 Å². The maximum Gasteiger partial charge on any atom is 0.307 e. The number of fused-ring (bicyclic) bond motifs is 1. The molecule has 0 radical (unpaired) electrons. The van der Waals surface area contributed by atoms with Crippen LogP contribution in [0.2, 0.25) is 0 Å². The summed E-state index contributed by atoms with van der Waals surface area (Å²) >= 11 is 0. The fourth-order valence-electron chi connectivity index (χ4n) is 3.74. The Balaban J connectivity index is 1.54. The number of benzene rings is 3. The zero-order chi connectivity index (χ0) is 25.2. The SMILES string of the molecule is Cc1c(CNc2ccc(C(=N)N)cc2)oc2cc(NS(=O)(=O)c3ccccc3CC(=O)O)ccc12. The third kappa shape index (κ3) is 5.28. The minimum atomic E-state index is -4.01. The number of hydrogen-bond acceptors (Lipinski definition) is 6. The predicted molar refractivity (Wildman–Crippen MR) is 134 cm³/mol. The highest BCUT2D eigenvalue weighted by atomic mass is 32.2. The van der Waals surface area contributed by atoms with Crippen LogP contribution in [-0.2, 0) is 27.8 Å². The van der Waals surface area contributed by atoms with E-state index in [9.17, 15) is 13.2 Å². The Morgan fingerprint density at radius 3 is 2.43 bits per heavy atom. The number of nitrogens with one attached hydrogen (secondary N) is 3. The number of carboxylic acids is 1. The molecule has 35 heavy (non-hydrogen) atoms. The summed E-state index contributed by atoms with van der Waals surface area (Å²) < 4.78 is 34.5. The number of sulfonamides is 1. The van der Waals surface area contributed by atoms with E-state index in [0.29, 0.717) is 29.1 Å². The largest absolute Gasteiger partial charge is 0.481 e. The van der Waals surface area contributed by atoms with Gasteiger partial charge in [0, 0.05) is 28.3 Å². The quantitative estimate of drug-likeness (QED) is 0.174. The fraction of sp³-hybridized carbons (Fsp3) is 0.120. The molecule has 3 aromatic carbocycles. The van der Waals surface area contributed by atoms with E-state index in [1.165, 1.54) is 12.1 Å². The van der Waals surface area contributed by atoms with Crippen LogP contribution in [0.3, 0.4) is 0 Å². The van der Waals surface area contributed by atoms with Gasteiger partial charge in [0.05, 0.1) is 23.5 Å². The molecule has 0 unspecified atom stereocenters. The molecule has 4 aromatic rings. The normalized spacial score (nSPS) is 11.3. The molecule has 9 nitrogen and oxygen atoms in total. The molecule has 0 aliphatic rings. The smallest absolute Gasteiger partial charge is 0.307 e. The number of rotatable bonds is 9. The molecular weight excluding hydrogens is 468 g/mol. The van der Waals surface area contributed by atoms with Gasteiger partial charge in [-0.3, -0.25) is 14.9 Å². The molecule has 0 spiro atoms. The Kier molecular flexibility index (Phi) is 6.48. The third-order valence-electron chi connectivity index (χ3n) is 5.54. The molecule has 0 amide bonds. The van der Waals surface area contributed by atoms with Crippen molar-refractivity contribution in [2.45, 2.75) is 24.8 Å². The summed E-state index contributed by atoms with van der Waals surface area (Å²) in [6.45, 7) is 2.33. The first-order chi connectivity index (χ1) is 16.6. The number of nitrogens with two attached hydrogens (primary N) is 1. The number of nitrogen functional groups attached to an aromatic ring is 1. The Morgan fingerprint density at radius 1 is 1.06 bits per heavy atom. The predicted octanol–water partition coefficient (Wildman–Crippen LogP) is 4.07. The number of anilines is 2. The Labute approximate surface area is 202 Å². The molecule has 0 bridgehead atoms. The maximum absolute atomic E-state index is 13.0. The summed E-state index contributed by atoms with van der Waals surface area (Å²) in [6, 6.07) is 18.2. The van der Waals surface area contributed by atoms with E-state index in [1.807, 2.05) is 19.1 Å². The van der Waals surface area contributed by atoms with Crippen LogP contribution < -0.4 is 15.8 Å². The molecule has 0 aliphatic carbocycles. The summed E-state index contributed by atoms with van der Waals surface area (Å²) in [5, 5.41) is 20.7. The van der Waals surface area contributed by atoms with Crippen molar-refractivity contribution in [1.29, 1.82) is 5.41 Å². The van der Waals surface area contributed by atoms with Crippen molar-refractivity contribution in [3.05, 3.63) is 89.2 Å². The van der Waals surface area contributed by atoms with Gasteiger partial charge < -0.3 is 20.6 Å². The van der Waals surface area contributed by atoms with Crippen LogP contribution in [0.4, 0.5) is 11.4 Å². The number of aryl methyl sites for hydroxylation is 1. The zero-order valence-electron chi connectivity index (χ0n) is 18.8.